The van der Waals surface area contributed by atoms with E-state index in [1.54, 1.807) is 5.32 Å². The van der Waals surface area contributed by atoms with Gasteiger partial charge in [-0.3, -0.25) is 14.9 Å². The smallest absolute Gasteiger partial charge is 0.405 e. The highest BCUT2D eigenvalue weighted by Gasteiger charge is 2.28. The molecule has 0 radical (unpaired) electrons. The maximum absolute atomic E-state index is 12.0. The van der Waals surface area contributed by atoms with E-state index in [0.717, 1.165) is 18.9 Å². The molecular weight excluding hydrogens is 383 g/mol. The lowest BCUT2D eigenvalue weighted by Crippen LogP contribution is -2.36. The predicted octanol–water partition coefficient (Wildman–Crippen LogP) is 2.67. The number of nitrogens with zero attached hydrogens (tertiary/aromatic N) is 2. The van der Waals surface area contributed by atoms with E-state index >= 15 is 0 Å². The van der Waals surface area contributed by atoms with Crippen molar-refractivity contribution in [2.75, 3.05) is 31.1 Å². The fraction of sp³-hybridized carbons (Fsp3) is 0.529. The van der Waals surface area contributed by atoms with Crippen LogP contribution in [0.25, 0.3) is 0 Å². The van der Waals surface area contributed by atoms with Crippen molar-refractivity contribution in [3.8, 4) is 0 Å². The molecule has 1 saturated heterocycles. The molecule has 0 saturated carbocycles. The Morgan fingerprint density at radius 2 is 2.11 bits per heavy atom. The Balaban J connectivity index is 2.05. The van der Waals surface area contributed by atoms with E-state index in [9.17, 15) is 32.9 Å². The number of hydrogen-bond acceptors (Lipinski definition) is 6. The van der Waals surface area contributed by atoms with Gasteiger partial charge in [0.2, 0.25) is 0 Å². The number of piperidine rings is 1. The van der Waals surface area contributed by atoms with Crippen LogP contribution < -0.4 is 10.2 Å². The SMILES string of the molecule is C[C@@H]1CCCN(c2ccc(C(=O)OCC(=O)NCC(F)(F)F)cc2[N+](=O)[O-])C1. The van der Waals surface area contributed by atoms with Crippen molar-refractivity contribution in [1.29, 1.82) is 0 Å². The van der Waals surface area contributed by atoms with Crippen LogP contribution in [0.3, 0.4) is 0 Å². The van der Waals surface area contributed by atoms with Crippen LogP contribution in [0.5, 0.6) is 0 Å². The van der Waals surface area contributed by atoms with Gasteiger partial charge in [0, 0.05) is 19.2 Å². The number of ether oxygens (including phenoxy) is 1. The molecule has 1 aromatic carbocycles. The molecule has 28 heavy (non-hydrogen) atoms. The zero-order chi connectivity index (χ0) is 20.9. The van der Waals surface area contributed by atoms with Crippen LogP contribution in [0.15, 0.2) is 18.2 Å². The van der Waals surface area contributed by atoms with Crippen molar-refractivity contribution in [3.63, 3.8) is 0 Å². The number of nitro benzene ring substituents is 1. The highest BCUT2D eigenvalue weighted by molar-refractivity contribution is 5.93. The lowest BCUT2D eigenvalue weighted by Gasteiger charge is -2.32. The van der Waals surface area contributed by atoms with Crippen LogP contribution in [-0.2, 0) is 9.53 Å². The predicted molar refractivity (Wildman–Crippen MR) is 93.1 cm³/mol. The van der Waals surface area contributed by atoms with Crippen molar-refractivity contribution < 1.29 is 32.4 Å². The molecule has 1 aliphatic heterocycles. The van der Waals surface area contributed by atoms with Gasteiger partial charge in [-0.25, -0.2) is 4.79 Å². The molecule has 1 atom stereocenters. The first-order chi connectivity index (χ1) is 13.1. The first kappa shape index (κ1) is 21.5. The van der Waals surface area contributed by atoms with Crippen LogP contribution in [0.4, 0.5) is 24.5 Å². The van der Waals surface area contributed by atoms with Crippen molar-refractivity contribution in [1.82, 2.24) is 5.32 Å². The minimum atomic E-state index is -4.58. The van der Waals surface area contributed by atoms with E-state index in [2.05, 4.69) is 4.74 Å². The maximum Gasteiger partial charge on any atom is 0.405 e. The summed E-state index contributed by atoms with van der Waals surface area (Å²) in [6.45, 7) is 0.901. The number of nitro groups is 1. The summed E-state index contributed by atoms with van der Waals surface area (Å²) in [5.41, 5.74) is -0.0507. The van der Waals surface area contributed by atoms with Crippen molar-refractivity contribution in [2.24, 2.45) is 5.92 Å². The van der Waals surface area contributed by atoms with Crippen molar-refractivity contribution in [3.05, 3.63) is 33.9 Å². The van der Waals surface area contributed by atoms with Gasteiger partial charge in [-0.1, -0.05) is 6.92 Å². The molecule has 1 heterocycles. The molecule has 0 aromatic heterocycles. The highest BCUT2D eigenvalue weighted by Crippen LogP contribution is 2.32. The number of amides is 1. The number of halogens is 3. The van der Waals surface area contributed by atoms with Crippen LogP contribution in [0, 0.1) is 16.0 Å². The quantitative estimate of drug-likeness (QED) is 0.445. The molecule has 1 aromatic rings. The minimum Gasteiger partial charge on any atom is -0.452 e. The zero-order valence-corrected chi connectivity index (χ0v) is 15.1. The monoisotopic (exact) mass is 403 g/mol. The molecule has 1 aliphatic rings. The second kappa shape index (κ2) is 8.89. The van der Waals surface area contributed by atoms with E-state index in [4.69, 9.17) is 0 Å². The number of hydrogen-bond donors (Lipinski definition) is 1. The first-order valence-corrected chi connectivity index (χ1v) is 8.61. The summed E-state index contributed by atoms with van der Waals surface area (Å²) < 4.78 is 40.7. The average molecular weight is 403 g/mol. The van der Waals surface area contributed by atoms with E-state index in [1.165, 1.54) is 12.1 Å². The van der Waals surface area contributed by atoms with Crippen molar-refractivity contribution >= 4 is 23.3 Å². The molecule has 154 valence electrons. The Labute approximate surface area is 158 Å². The third-order valence-corrected chi connectivity index (χ3v) is 4.23. The number of carbonyl (C=O) groups excluding carboxylic acids is 2. The van der Waals surface area contributed by atoms with E-state index in [0.29, 0.717) is 24.7 Å². The standard InChI is InChI=1S/C17H20F3N3O5/c1-11-3-2-6-22(8-11)13-5-4-12(7-14(13)23(26)27)16(25)28-9-15(24)21-10-17(18,19)20/h4-5,7,11H,2-3,6,8-10H2,1H3,(H,21,24)/t11-/m1/s1. The molecule has 0 aliphatic carbocycles. The normalized spacial score (nSPS) is 17.1. The van der Waals surface area contributed by atoms with Gasteiger partial charge in [0.15, 0.2) is 6.61 Å². The Hall–Kier alpha value is -2.85. The van der Waals surface area contributed by atoms with Crippen LogP contribution in [-0.4, -0.2) is 49.2 Å². The Morgan fingerprint density at radius 3 is 2.71 bits per heavy atom. The molecule has 0 unspecified atom stereocenters. The van der Waals surface area contributed by atoms with Gasteiger partial charge in [0.25, 0.3) is 11.6 Å². The molecule has 0 bridgehead atoms. The average Bonchev–Trinajstić information content (AvgIpc) is 2.63. The Morgan fingerprint density at radius 1 is 1.39 bits per heavy atom. The summed E-state index contributed by atoms with van der Waals surface area (Å²) in [7, 11) is 0. The summed E-state index contributed by atoms with van der Waals surface area (Å²) in [5, 5.41) is 13.0. The number of anilines is 1. The van der Waals surface area contributed by atoms with Crippen LogP contribution in [0.2, 0.25) is 0 Å². The molecular formula is C17H20F3N3O5. The van der Waals surface area contributed by atoms with Gasteiger partial charge in [0.1, 0.15) is 12.2 Å². The number of carbonyl (C=O) groups is 2. The number of rotatable bonds is 6. The van der Waals surface area contributed by atoms with Gasteiger partial charge in [-0.15, -0.1) is 0 Å². The highest BCUT2D eigenvalue weighted by atomic mass is 19.4. The molecule has 1 N–H and O–H groups in total. The fourth-order valence-corrected chi connectivity index (χ4v) is 2.94. The largest absolute Gasteiger partial charge is 0.452 e. The summed E-state index contributed by atoms with van der Waals surface area (Å²) in [6, 6.07) is 3.82. The second-order valence-electron chi connectivity index (χ2n) is 6.62. The second-order valence-corrected chi connectivity index (χ2v) is 6.62. The number of esters is 1. The van der Waals surface area contributed by atoms with Gasteiger partial charge >= 0.3 is 12.1 Å². The lowest BCUT2D eigenvalue weighted by atomic mass is 9.99. The maximum atomic E-state index is 12.0. The number of benzene rings is 1. The molecule has 2 rings (SSSR count). The summed E-state index contributed by atoms with van der Waals surface area (Å²) in [4.78, 5) is 36.0. The topological polar surface area (TPSA) is 102 Å². The third kappa shape index (κ3) is 6.10. The molecule has 0 spiro atoms. The van der Waals surface area contributed by atoms with Crippen LogP contribution in [0.1, 0.15) is 30.1 Å². The Kier molecular flexibility index (Phi) is 6.81. The molecule has 1 amide bonds. The zero-order valence-electron chi connectivity index (χ0n) is 15.1. The third-order valence-electron chi connectivity index (χ3n) is 4.23. The summed E-state index contributed by atoms with van der Waals surface area (Å²) >= 11 is 0. The fourth-order valence-electron chi connectivity index (χ4n) is 2.94. The molecule has 1 fully saturated rings. The summed E-state index contributed by atoms with van der Waals surface area (Å²) in [5.74, 6) is -1.78. The lowest BCUT2D eigenvalue weighted by molar-refractivity contribution is -0.384. The van der Waals surface area contributed by atoms with Gasteiger partial charge in [0.05, 0.1) is 10.5 Å². The Bertz CT molecular complexity index is 754. The van der Waals surface area contributed by atoms with E-state index in [-0.39, 0.29) is 11.3 Å². The number of nitrogens with one attached hydrogen (secondary N) is 1. The van der Waals surface area contributed by atoms with Gasteiger partial charge < -0.3 is 15.0 Å². The van der Waals surface area contributed by atoms with E-state index < -0.39 is 36.1 Å². The van der Waals surface area contributed by atoms with Gasteiger partial charge in [-0.2, -0.15) is 13.2 Å². The first-order valence-electron chi connectivity index (χ1n) is 8.61. The van der Waals surface area contributed by atoms with Crippen LogP contribution >= 0.6 is 0 Å². The molecule has 8 nitrogen and oxygen atoms in total. The van der Waals surface area contributed by atoms with Crippen molar-refractivity contribution in [2.45, 2.75) is 25.9 Å². The van der Waals surface area contributed by atoms with E-state index in [1.807, 2.05) is 11.8 Å². The summed E-state index contributed by atoms with van der Waals surface area (Å²) in [6.07, 6.45) is -2.65. The number of alkyl halides is 3. The van der Waals surface area contributed by atoms with Gasteiger partial charge in [-0.05, 0) is 30.9 Å². The minimum absolute atomic E-state index is 0.163. The molecule has 11 heteroatoms.